The summed E-state index contributed by atoms with van der Waals surface area (Å²) in [7, 11) is 0. The topological polar surface area (TPSA) is 32.3 Å². The number of amides is 1. The maximum Gasteiger partial charge on any atom is 0.227 e. The number of hydrogen-bond donors (Lipinski definition) is 1. The molecule has 2 aromatic carbocycles. The second kappa shape index (κ2) is 7.83. The molecule has 1 amide bonds. The second-order valence-corrected chi connectivity index (χ2v) is 7.33. The molecule has 0 aromatic heterocycles. The van der Waals surface area contributed by atoms with Crippen LogP contribution in [-0.4, -0.2) is 23.9 Å². The van der Waals surface area contributed by atoms with E-state index < -0.39 is 0 Å². The predicted molar refractivity (Wildman–Crippen MR) is 104 cm³/mol. The van der Waals surface area contributed by atoms with Gasteiger partial charge < -0.3 is 5.32 Å². The van der Waals surface area contributed by atoms with Gasteiger partial charge in [0.05, 0.1) is 0 Å². The molecule has 0 aliphatic carbocycles. The molecular weight excluding hydrogens is 308 g/mol. The lowest BCUT2D eigenvalue weighted by Crippen LogP contribution is -2.37. The van der Waals surface area contributed by atoms with Crippen LogP contribution in [0.5, 0.6) is 0 Å². The molecule has 25 heavy (non-hydrogen) atoms. The zero-order chi connectivity index (χ0) is 17.8. The normalized spacial score (nSPS) is 16.0. The average molecular weight is 336 g/mol. The lowest BCUT2D eigenvalue weighted by Gasteiger charge is -2.31. The Morgan fingerprint density at radius 1 is 1.04 bits per heavy atom. The number of aryl methyl sites for hydroxylation is 3. The van der Waals surface area contributed by atoms with Gasteiger partial charge in [0, 0.05) is 18.2 Å². The highest BCUT2D eigenvalue weighted by Crippen LogP contribution is 2.22. The molecule has 3 nitrogen and oxygen atoms in total. The van der Waals surface area contributed by atoms with Crippen LogP contribution in [0.15, 0.2) is 42.5 Å². The van der Waals surface area contributed by atoms with E-state index in [9.17, 15) is 4.79 Å². The largest absolute Gasteiger partial charge is 0.326 e. The molecule has 3 rings (SSSR count). The summed E-state index contributed by atoms with van der Waals surface area (Å²) < 4.78 is 0. The molecule has 0 bridgehead atoms. The Kier molecular flexibility index (Phi) is 5.54. The standard InChI is InChI=1S/C22H28N2O/c1-16-5-4-6-19(13-16)15-24-11-9-20(10-12-24)22(25)23-21-8-7-17(2)18(3)14-21/h4-8,13-14,20H,9-12,15H2,1-3H3,(H,23,25). The van der Waals surface area contributed by atoms with Crippen molar-refractivity contribution in [2.45, 2.75) is 40.2 Å². The third-order valence-corrected chi connectivity index (χ3v) is 5.22. The Morgan fingerprint density at radius 3 is 2.48 bits per heavy atom. The molecule has 1 heterocycles. The number of benzene rings is 2. The zero-order valence-corrected chi connectivity index (χ0v) is 15.5. The zero-order valence-electron chi connectivity index (χ0n) is 15.5. The van der Waals surface area contributed by atoms with Crippen LogP contribution in [0.3, 0.4) is 0 Å². The molecular formula is C22H28N2O. The van der Waals surface area contributed by atoms with Gasteiger partial charge in [0.15, 0.2) is 0 Å². The van der Waals surface area contributed by atoms with E-state index in [4.69, 9.17) is 0 Å². The molecule has 3 heteroatoms. The Balaban J connectivity index is 1.51. The maximum atomic E-state index is 12.5. The van der Waals surface area contributed by atoms with Crippen molar-refractivity contribution in [1.29, 1.82) is 0 Å². The van der Waals surface area contributed by atoms with E-state index in [1.807, 2.05) is 6.07 Å². The SMILES string of the molecule is Cc1cccc(CN2CCC(C(=O)Nc3ccc(C)c(C)c3)CC2)c1. The molecule has 1 N–H and O–H groups in total. The molecule has 0 saturated carbocycles. The summed E-state index contributed by atoms with van der Waals surface area (Å²) >= 11 is 0. The Morgan fingerprint density at radius 2 is 1.80 bits per heavy atom. The number of piperidine rings is 1. The summed E-state index contributed by atoms with van der Waals surface area (Å²) in [5.74, 6) is 0.286. The van der Waals surface area contributed by atoms with Gasteiger partial charge in [-0.3, -0.25) is 9.69 Å². The second-order valence-electron chi connectivity index (χ2n) is 7.33. The first-order valence-electron chi connectivity index (χ1n) is 9.17. The lowest BCUT2D eigenvalue weighted by molar-refractivity contribution is -0.121. The molecule has 1 aliphatic rings. The van der Waals surface area contributed by atoms with E-state index in [0.717, 1.165) is 38.2 Å². The molecule has 1 fully saturated rings. The van der Waals surface area contributed by atoms with E-state index in [2.05, 4.69) is 67.4 Å². The van der Waals surface area contributed by atoms with Gasteiger partial charge in [-0.25, -0.2) is 0 Å². The van der Waals surface area contributed by atoms with E-state index >= 15 is 0 Å². The van der Waals surface area contributed by atoms with Crippen LogP contribution in [0, 0.1) is 26.7 Å². The first-order chi connectivity index (χ1) is 12.0. The fourth-order valence-corrected chi connectivity index (χ4v) is 3.49. The number of hydrogen-bond acceptors (Lipinski definition) is 2. The van der Waals surface area contributed by atoms with E-state index in [1.165, 1.54) is 22.3 Å². The molecule has 1 aliphatic heterocycles. The number of nitrogens with one attached hydrogen (secondary N) is 1. The van der Waals surface area contributed by atoms with Crippen LogP contribution in [-0.2, 0) is 11.3 Å². The van der Waals surface area contributed by atoms with Gasteiger partial charge in [0.25, 0.3) is 0 Å². The summed E-state index contributed by atoms with van der Waals surface area (Å²) in [5, 5.41) is 3.09. The van der Waals surface area contributed by atoms with Gasteiger partial charge >= 0.3 is 0 Å². The van der Waals surface area contributed by atoms with Crippen molar-refractivity contribution in [3.63, 3.8) is 0 Å². The Hall–Kier alpha value is -2.13. The van der Waals surface area contributed by atoms with Gasteiger partial charge in [-0.05, 0) is 75.5 Å². The third-order valence-electron chi connectivity index (χ3n) is 5.22. The predicted octanol–water partition coefficient (Wildman–Crippen LogP) is 4.46. The molecule has 0 radical (unpaired) electrons. The number of carbonyl (C=O) groups is 1. The van der Waals surface area contributed by atoms with Gasteiger partial charge in [-0.15, -0.1) is 0 Å². The number of carbonyl (C=O) groups excluding carboxylic acids is 1. The van der Waals surface area contributed by atoms with E-state index in [-0.39, 0.29) is 11.8 Å². The minimum Gasteiger partial charge on any atom is -0.326 e. The highest BCUT2D eigenvalue weighted by atomic mass is 16.1. The highest BCUT2D eigenvalue weighted by Gasteiger charge is 2.25. The van der Waals surface area contributed by atoms with Crippen molar-refractivity contribution < 1.29 is 4.79 Å². The first-order valence-corrected chi connectivity index (χ1v) is 9.17. The van der Waals surface area contributed by atoms with Crippen molar-refractivity contribution in [3.05, 3.63) is 64.7 Å². The van der Waals surface area contributed by atoms with Gasteiger partial charge in [-0.2, -0.15) is 0 Å². The Bertz CT molecular complexity index is 745. The van der Waals surface area contributed by atoms with Crippen LogP contribution in [0.2, 0.25) is 0 Å². The summed E-state index contributed by atoms with van der Waals surface area (Å²) in [4.78, 5) is 15.0. The maximum absolute atomic E-state index is 12.5. The average Bonchev–Trinajstić information content (AvgIpc) is 2.59. The summed E-state index contributed by atoms with van der Waals surface area (Å²) in [6.45, 7) is 9.25. The molecule has 0 unspecified atom stereocenters. The first kappa shape index (κ1) is 17.7. The van der Waals surface area contributed by atoms with Crippen LogP contribution in [0.1, 0.15) is 35.1 Å². The van der Waals surface area contributed by atoms with Crippen molar-refractivity contribution in [3.8, 4) is 0 Å². The molecule has 1 saturated heterocycles. The van der Waals surface area contributed by atoms with E-state index in [1.54, 1.807) is 0 Å². The monoisotopic (exact) mass is 336 g/mol. The fourth-order valence-electron chi connectivity index (χ4n) is 3.49. The van der Waals surface area contributed by atoms with Crippen LogP contribution in [0.25, 0.3) is 0 Å². The number of nitrogens with zero attached hydrogens (tertiary/aromatic N) is 1. The van der Waals surface area contributed by atoms with Gasteiger partial charge in [0.1, 0.15) is 0 Å². The minimum atomic E-state index is 0.121. The van der Waals surface area contributed by atoms with Crippen LogP contribution >= 0.6 is 0 Å². The van der Waals surface area contributed by atoms with Crippen molar-refractivity contribution in [2.75, 3.05) is 18.4 Å². The smallest absolute Gasteiger partial charge is 0.227 e. The number of anilines is 1. The fraction of sp³-hybridized carbons (Fsp3) is 0.409. The highest BCUT2D eigenvalue weighted by molar-refractivity contribution is 5.92. The quantitative estimate of drug-likeness (QED) is 0.894. The molecule has 0 spiro atoms. The summed E-state index contributed by atoms with van der Waals surface area (Å²) in [6, 6.07) is 14.8. The molecule has 2 aromatic rings. The van der Waals surface area contributed by atoms with Crippen molar-refractivity contribution in [2.24, 2.45) is 5.92 Å². The van der Waals surface area contributed by atoms with Crippen LogP contribution in [0.4, 0.5) is 5.69 Å². The van der Waals surface area contributed by atoms with E-state index in [0.29, 0.717) is 0 Å². The van der Waals surface area contributed by atoms with Gasteiger partial charge in [-0.1, -0.05) is 35.9 Å². The molecule has 132 valence electrons. The lowest BCUT2D eigenvalue weighted by atomic mass is 9.95. The number of likely N-dealkylation sites (tertiary alicyclic amines) is 1. The summed E-state index contributed by atoms with van der Waals surface area (Å²) in [5.41, 5.74) is 6.04. The third kappa shape index (κ3) is 4.70. The van der Waals surface area contributed by atoms with Crippen molar-refractivity contribution in [1.82, 2.24) is 4.90 Å². The minimum absolute atomic E-state index is 0.121. The van der Waals surface area contributed by atoms with Crippen LogP contribution < -0.4 is 5.32 Å². The summed E-state index contributed by atoms with van der Waals surface area (Å²) in [6.07, 6.45) is 1.87. The number of rotatable bonds is 4. The Labute approximate surface area is 151 Å². The van der Waals surface area contributed by atoms with Crippen molar-refractivity contribution >= 4 is 11.6 Å². The van der Waals surface area contributed by atoms with Gasteiger partial charge in [0.2, 0.25) is 5.91 Å². The molecule has 0 atom stereocenters.